The summed E-state index contributed by atoms with van der Waals surface area (Å²) in [6.45, 7) is 0. The quantitative estimate of drug-likeness (QED) is 0.407. The second-order valence-electron chi connectivity index (χ2n) is 0.289. The third-order valence-corrected chi connectivity index (χ3v) is 0. The van der Waals surface area contributed by atoms with Gasteiger partial charge in [0.05, 0.1) is 0 Å². The fraction of sp³-hybridized carbons (Fsp3) is 0. The maximum absolute atomic E-state index is 8.25. The average Bonchev–Trinajstić information content (AvgIpc) is 1.70. The van der Waals surface area contributed by atoms with Gasteiger partial charge in [0.1, 0.15) is 0 Å². The summed E-state index contributed by atoms with van der Waals surface area (Å²) in [7, 11) is -1.50. The summed E-state index contributed by atoms with van der Waals surface area (Å²) < 4.78 is 24.8. The van der Waals surface area contributed by atoms with Gasteiger partial charge in [-0.15, -0.1) is 0 Å². The molecule has 6 nitrogen and oxygen atoms in total. The van der Waals surface area contributed by atoms with Gasteiger partial charge in [0.2, 0.25) is 0 Å². The molecule has 0 saturated carbocycles. The van der Waals surface area contributed by atoms with Crippen LogP contribution in [0.3, 0.4) is 0 Å². The van der Waals surface area contributed by atoms with Crippen molar-refractivity contribution in [3.63, 3.8) is 0 Å². The van der Waals surface area contributed by atoms with Crippen LogP contribution in [0.1, 0.15) is 0 Å². The van der Waals surface area contributed by atoms with E-state index in [1.165, 1.54) is 0 Å². The smallest absolute Gasteiger partial charge is 3.00 e. The Morgan fingerprint density at radius 3 is 0.700 bits per heavy atom. The molecule has 0 aliphatic carbocycles. The van der Waals surface area contributed by atoms with Crippen LogP contribution in [0.5, 0.6) is 0 Å². The zero-order valence-electron chi connectivity index (χ0n) is 4.63. The van der Waals surface area contributed by atoms with Gasteiger partial charge in [-0.25, -0.2) is 0 Å². The van der Waals surface area contributed by atoms with E-state index < -0.39 is 22.1 Å². The predicted molar refractivity (Wildman–Crippen MR) is 25.1 cm³/mol. The zero-order valence-corrected chi connectivity index (χ0v) is 8.11. The van der Waals surface area contributed by atoms with Gasteiger partial charge in [-0.2, -0.15) is 0 Å². The third kappa shape index (κ3) is 25000. The molecule has 0 heterocycles. The summed E-state index contributed by atoms with van der Waals surface area (Å²) in [4.78, 5) is 0. The van der Waals surface area contributed by atoms with Crippen molar-refractivity contribution in [2.24, 2.45) is 0 Å². The van der Waals surface area contributed by atoms with Crippen LogP contribution < -0.4 is 15.1 Å². The van der Waals surface area contributed by atoms with Crippen LogP contribution in [0, 0.1) is 0 Å². The van der Waals surface area contributed by atoms with Crippen molar-refractivity contribution in [2.75, 3.05) is 0 Å². The van der Waals surface area contributed by atoms with Crippen molar-refractivity contribution in [3.05, 3.63) is 0 Å². The topological polar surface area (TPSA) is 120 Å². The van der Waals surface area contributed by atoms with Crippen LogP contribution in [-0.2, 0) is 14.1 Å². The number of hydrogen-bond acceptors (Lipinski definition) is 6. The summed E-state index contributed by atoms with van der Waals surface area (Å²) in [5.74, 6) is 0. The molecular weight excluding hydrogens is 337 g/mol. The van der Waals surface area contributed by atoms with Crippen molar-refractivity contribution in [2.45, 2.75) is 0 Å². The fourth-order valence-corrected chi connectivity index (χ4v) is 0. The maximum atomic E-state index is 8.25. The van der Waals surface area contributed by atoms with Gasteiger partial charge in [0, 0.05) is 0 Å². The van der Waals surface area contributed by atoms with E-state index in [1.807, 2.05) is 0 Å². The first kappa shape index (κ1) is 22.5. The Hall–Kier alpha value is -0.122. The molecule has 10 heteroatoms. The molecule has 0 aromatic rings. The fourth-order valence-electron chi connectivity index (χ4n) is 0. The molecule has 0 amide bonds. The van der Waals surface area contributed by atoms with Crippen LogP contribution in [0.2, 0.25) is 0 Å². The molecule has 0 aliphatic heterocycles. The van der Waals surface area contributed by atoms with Crippen molar-refractivity contribution in [3.8, 4) is 0 Å². The molecule has 0 aromatic carbocycles. The molecule has 0 atom stereocenters. The maximum Gasteiger partial charge on any atom is 3.00 e. The molecule has 0 aromatic heterocycles. The standard InChI is InChI=1S/3BO2.Bi/c3*2-1-3;/q3*-1;+3. The normalized spacial score (nSPS) is 2.40. The number of rotatable bonds is 0. The van der Waals surface area contributed by atoms with Gasteiger partial charge in [0.25, 0.3) is 0 Å². The predicted octanol–water partition coefficient (Wildman–Crippen LogP) is -5.45. The first-order chi connectivity index (χ1) is 4.24. The van der Waals surface area contributed by atoms with Crippen LogP contribution in [0.4, 0.5) is 0 Å². The van der Waals surface area contributed by atoms with Crippen molar-refractivity contribution < 1.29 is 29.2 Å². The van der Waals surface area contributed by atoms with E-state index in [-0.39, 0.29) is 26.2 Å². The van der Waals surface area contributed by atoms with Gasteiger partial charge in [0.15, 0.2) is 0 Å². The summed E-state index contributed by atoms with van der Waals surface area (Å²) in [6.07, 6.45) is 0. The van der Waals surface area contributed by atoms with E-state index in [4.69, 9.17) is 29.2 Å². The second-order valence-corrected chi connectivity index (χ2v) is 0.289. The van der Waals surface area contributed by atoms with Gasteiger partial charge >= 0.3 is 77.4 Å². The minimum Gasteiger partial charge on any atom is 3.00 e. The van der Waals surface area contributed by atoms with Crippen LogP contribution in [0.25, 0.3) is 0 Å². The summed E-state index contributed by atoms with van der Waals surface area (Å²) >= 11 is 0. The average molecular weight is 337 g/mol. The molecule has 50 valence electrons. The van der Waals surface area contributed by atoms with Crippen LogP contribution >= 0.6 is 0 Å². The minimum atomic E-state index is -0.500. The summed E-state index contributed by atoms with van der Waals surface area (Å²) in [5.41, 5.74) is 0. The summed E-state index contributed by atoms with van der Waals surface area (Å²) in [6, 6.07) is 0. The van der Waals surface area contributed by atoms with E-state index in [0.29, 0.717) is 0 Å². The first-order valence-corrected chi connectivity index (χ1v) is 1.41. The zero-order chi connectivity index (χ0) is 8.12. The first-order valence-electron chi connectivity index (χ1n) is 1.41. The van der Waals surface area contributed by atoms with E-state index >= 15 is 0 Å². The van der Waals surface area contributed by atoms with Crippen molar-refractivity contribution >= 4 is 48.3 Å². The minimum absolute atomic E-state index is 0. The van der Waals surface area contributed by atoms with Crippen LogP contribution in [0.15, 0.2) is 0 Å². The van der Waals surface area contributed by atoms with Gasteiger partial charge in [-0.1, -0.05) is 0 Å². The van der Waals surface area contributed by atoms with Crippen LogP contribution in [-0.4, -0.2) is 48.3 Å². The van der Waals surface area contributed by atoms with E-state index in [1.54, 1.807) is 0 Å². The second kappa shape index (κ2) is 66.5. The third-order valence-electron chi connectivity index (χ3n) is 0. The Bertz CT molecular complexity index is 49.7. The van der Waals surface area contributed by atoms with Gasteiger partial charge < -0.3 is 0 Å². The van der Waals surface area contributed by atoms with E-state index in [2.05, 4.69) is 0 Å². The van der Waals surface area contributed by atoms with E-state index in [9.17, 15) is 0 Å². The molecule has 0 saturated heterocycles. The Morgan fingerprint density at radius 1 is 0.700 bits per heavy atom. The Kier molecular flexibility index (Phi) is 150. The van der Waals surface area contributed by atoms with Crippen molar-refractivity contribution in [1.82, 2.24) is 0 Å². The van der Waals surface area contributed by atoms with E-state index in [0.717, 1.165) is 0 Å². The molecule has 0 aliphatic rings. The molecule has 0 unspecified atom stereocenters. The largest absolute Gasteiger partial charge is 3.00 e. The SMILES string of the molecule is O=B[O-].O=B[O-].O=B[O-].[Bi+3]. The number of hydrogen-bond donors (Lipinski definition) is 0. The Morgan fingerprint density at radius 2 is 0.700 bits per heavy atom. The Balaban J connectivity index is -0.0000000257. The molecule has 0 spiro atoms. The summed E-state index contributed by atoms with van der Waals surface area (Å²) in [5, 5.41) is 24.8. The molecule has 0 rings (SSSR count). The molecular formula is B3BiO6. The molecule has 2 radical (unpaired) electrons. The molecule has 10 heavy (non-hydrogen) atoms. The molecule has 0 N–H and O–H groups in total. The van der Waals surface area contributed by atoms with Gasteiger partial charge in [-0.05, 0) is 0 Å². The van der Waals surface area contributed by atoms with Gasteiger partial charge in [-0.3, -0.25) is 0 Å². The molecule has 0 bridgehead atoms. The molecule has 0 fully saturated rings. The Labute approximate surface area is 77.6 Å². The monoisotopic (exact) mass is 338 g/mol. The van der Waals surface area contributed by atoms with Crippen molar-refractivity contribution in [1.29, 1.82) is 0 Å².